The molecule has 6 heteroatoms. The van der Waals surface area contributed by atoms with Crippen LogP contribution in [0.15, 0.2) is 0 Å². The van der Waals surface area contributed by atoms with Gasteiger partial charge < -0.3 is 10.6 Å². The fourth-order valence-corrected chi connectivity index (χ4v) is 1.59. The summed E-state index contributed by atoms with van der Waals surface area (Å²) in [6.07, 6.45) is -1.68. The van der Waals surface area contributed by atoms with Gasteiger partial charge in [0.25, 0.3) is 6.43 Å². The lowest BCUT2D eigenvalue weighted by Crippen LogP contribution is -2.26. The van der Waals surface area contributed by atoms with Gasteiger partial charge in [-0.2, -0.15) is 5.10 Å². The van der Waals surface area contributed by atoms with Crippen molar-refractivity contribution in [1.82, 2.24) is 9.78 Å². The van der Waals surface area contributed by atoms with Crippen LogP contribution in [0.25, 0.3) is 0 Å². The first-order valence-corrected chi connectivity index (χ1v) is 4.78. The van der Waals surface area contributed by atoms with Crippen molar-refractivity contribution in [1.29, 1.82) is 0 Å². The molecule has 0 atom stereocenters. The van der Waals surface area contributed by atoms with Gasteiger partial charge in [0, 0.05) is 14.1 Å². The second kappa shape index (κ2) is 4.46. The van der Waals surface area contributed by atoms with Gasteiger partial charge >= 0.3 is 0 Å². The minimum atomic E-state index is -2.38. The highest BCUT2D eigenvalue weighted by Crippen LogP contribution is 2.25. The van der Waals surface area contributed by atoms with E-state index in [4.69, 9.17) is 5.73 Å². The Morgan fingerprint density at radius 3 is 2.53 bits per heavy atom. The van der Waals surface area contributed by atoms with Crippen molar-refractivity contribution in [3.05, 3.63) is 5.69 Å². The zero-order chi connectivity index (χ0) is 11.6. The van der Waals surface area contributed by atoms with Crippen LogP contribution in [0.5, 0.6) is 0 Å². The summed E-state index contributed by atoms with van der Waals surface area (Å²) in [4.78, 5) is 1.42. The number of rotatable bonds is 4. The number of hydrogen-bond acceptors (Lipinski definition) is 3. The molecule has 0 aromatic carbocycles. The Morgan fingerprint density at radius 2 is 2.13 bits per heavy atom. The maximum atomic E-state index is 12.2. The van der Waals surface area contributed by atoms with Crippen molar-refractivity contribution >= 4 is 11.5 Å². The van der Waals surface area contributed by atoms with Crippen LogP contribution in [0.2, 0.25) is 0 Å². The van der Waals surface area contributed by atoms with E-state index in [1.54, 1.807) is 14.1 Å². The van der Waals surface area contributed by atoms with Crippen molar-refractivity contribution in [2.24, 2.45) is 7.05 Å². The Hall–Kier alpha value is -1.33. The summed E-state index contributed by atoms with van der Waals surface area (Å²) in [5.41, 5.74) is 7.05. The quantitative estimate of drug-likeness (QED) is 0.827. The second-order valence-corrected chi connectivity index (χ2v) is 3.43. The molecule has 1 rings (SSSR count). The highest BCUT2D eigenvalue weighted by Gasteiger charge is 2.18. The average Bonchev–Trinajstić information content (AvgIpc) is 2.40. The Balaban J connectivity index is 2.97. The molecule has 2 N–H and O–H groups in total. The highest BCUT2D eigenvalue weighted by molar-refractivity contribution is 5.66. The van der Waals surface area contributed by atoms with Crippen LogP contribution in [-0.2, 0) is 13.5 Å². The summed E-state index contributed by atoms with van der Waals surface area (Å²) in [7, 11) is 3.28. The van der Waals surface area contributed by atoms with Crippen molar-refractivity contribution in [2.75, 3.05) is 24.2 Å². The third-order valence-electron chi connectivity index (χ3n) is 2.24. The van der Waals surface area contributed by atoms with Gasteiger partial charge in [-0.1, -0.05) is 6.92 Å². The molecule has 1 aromatic rings. The first-order valence-electron chi connectivity index (χ1n) is 4.78. The summed E-state index contributed by atoms with van der Waals surface area (Å²) in [6, 6.07) is 0. The molecule has 15 heavy (non-hydrogen) atoms. The van der Waals surface area contributed by atoms with Crippen molar-refractivity contribution in [3.63, 3.8) is 0 Å². The van der Waals surface area contributed by atoms with Gasteiger partial charge in [-0.15, -0.1) is 0 Å². The maximum Gasteiger partial charge on any atom is 0.255 e. The monoisotopic (exact) mass is 218 g/mol. The van der Waals surface area contributed by atoms with Gasteiger partial charge in [-0.3, -0.25) is 4.68 Å². The molecule has 86 valence electrons. The number of aryl methyl sites for hydroxylation is 2. The van der Waals surface area contributed by atoms with Crippen molar-refractivity contribution in [2.45, 2.75) is 19.8 Å². The van der Waals surface area contributed by atoms with Crippen LogP contribution in [0, 0.1) is 0 Å². The van der Waals surface area contributed by atoms with E-state index in [1.165, 1.54) is 9.58 Å². The zero-order valence-electron chi connectivity index (χ0n) is 9.17. The molecule has 0 fully saturated rings. The molecule has 0 saturated carbocycles. The largest absolute Gasteiger partial charge is 0.394 e. The highest BCUT2D eigenvalue weighted by atomic mass is 19.3. The fourth-order valence-electron chi connectivity index (χ4n) is 1.59. The lowest BCUT2D eigenvalue weighted by atomic mass is 10.3. The summed E-state index contributed by atoms with van der Waals surface area (Å²) >= 11 is 0. The summed E-state index contributed by atoms with van der Waals surface area (Å²) < 4.78 is 26.0. The average molecular weight is 218 g/mol. The van der Waals surface area contributed by atoms with Gasteiger partial charge in [0.1, 0.15) is 5.82 Å². The first kappa shape index (κ1) is 11.7. The Bertz CT molecular complexity index is 335. The van der Waals surface area contributed by atoms with E-state index in [0.29, 0.717) is 17.9 Å². The number of nitrogens with zero attached hydrogens (tertiary/aromatic N) is 3. The van der Waals surface area contributed by atoms with E-state index in [-0.39, 0.29) is 6.54 Å². The van der Waals surface area contributed by atoms with Crippen LogP contribution in [0.3, 0.4) is 0 Å². The van der Waals surface area contributed by atoms with Crippen LogP contribution in [0.4, 0.5) is 20.3 Å². The van der Waals surface area contributed by atoms with Crippen LogP contribution in [-0.4, -0.2) is 29.8 Å². The molecule has 0 amide bonds. The fraction of sp³-hybridized carbons (Fsp3) is 0.667. The van der Waals surface area contributed by atoms with E-state index in [0.717, 1.165) is 5.69 Å². The normalized spacial score (nSPS) is 11.1. The first-order chi connectivity index (χ1) is 6.97. The van der Waals surface area contributed by atoms with E-state index in [2.05, 4.69) is 5.10 Å². The predicted octanol–water partition coefficient (Wildman–Crippen LogP) is 1.27. The van der Waals surface area contributed by atoms with E-state index < -0.39 is 6.43 Å². The van der Waals surface area contributed by atoms with Gasteiger partial charge in [0.05, 0.1) is 17.9 Å². The number of anilines is 2. The molecular weight excluding hydrogens is 202 g/mol. The van der Waals surface area contributed by atoms with E-state index in [1.807, 2.05) is 6.92 Å². The Kier molecular flexibility index (Phi) is 3.49. The number of hydrogen-bond donors (Lipinski definition) is 1. The van der Waals surface area contributed by atoms with Crippen LogP contribution >= 0.6 is 0 Å². The molecule has 1 heterocycles. The molecule has 0 unspecified atom stereocenters. The number of nitrogen functional groups attached to an aromatic ring is 1. The molecule has 0 aliphatic carbocycles. The topological polar surface area (TPSA) is 47.1 Å². The minimum Gasteiger partial charge on any atom is -0.394 e. The predicted molar refractivity (Wildman–Crippen MR) is 56.3 cm³/mol. The van der Waals surface area contributed by atoms with Crippen molar-refractivity contribution in [3.8, 4) is 0 Å². The van der Waals surface area contributed by atoms with Crippen LogP contribution < -0.4 is 10.6 Å². The Labute approximate surface area is 87.7 Å². The van der Waals surface area contributed by atoms with Crippen LogP contribution in [0.1, 0.15) is 12.6 Å². The molecule has 0 bridgehead atoms. The molecule has 0 radical (unpaired) electrons. The SMILES string of the molecule is CCc1nn(C)c(N(C)CC(F)F)c1N. The molecule has 0 saturated heterocycles. The number of alkyl halides is 2. The summed E-state index contributed by atoms with van der Waals surface area (Å²) in [5.74, 6) is 0.548. The molecule has 1 aromatic heterocycles. The number of nitrogens with two attached hydrogens (primary N) is 1. The van der Waals surface area contributed by atoms with Gasteiger partial charge in [0.2, 0.25) is 0 Å². The maximum absolute atomic E-state index is 12.2. The molecule has 0 aliphatic rings. The third kappa shape index (κ3) is 2.37. The summed E-state index contributed by atoms with van der Waals surface area (Å²) in [5, 5.41) is 4.16. The van der Waals surface area contributed by atoms with Crippen molar-refractivity contribution < 1.29 is 8.78 Å². The standard InChI is InChI=1S/C9H16F2N4/c1-4-6-8(12)9(15(3)13-6)14(2)5-7(10)11/h7H,4-5,12H2,1-3H3. The summed E-state index contributed by atoms with van der Waals surface area (Å²) in [6.45, 7) is 1.59. The van der Waals surface area contributed by atoms with Gasteiger partial charge in [-0.25, -0.2) is 8.78 Å². The Morgan fingerprint density at radius 1 is 1.53 bits per heavy atom. The van der Waals surface area contributed by atoms with E-state index >= 15 is 0 Å². The third-order valence-corrected chi connectivity index (χ3v) is 2.24. The molecule has 0 spiro atoms. The minimum absolute atomic E-state index is 0.340. The number of halogens is 2. The zero-order valence-corrected chi connectivity index (χ0v) is 9.17. The number of aromatic nitrogens is 2. The van der Waals surface area contributed by atoms with Gasteiger partial charge in [-0.05, 0) is 6.42 Å². The molecule has 0 aliphatic heterocycles. The lowest BCUT2D eigenvalue weighted by Gasteiger charge is -2.19. The van der Waals surface area contributed by atoms with E-state index in [9.17, 15) is 8.78 Å². The van der Waals surface area contributed by atoms with Gasteiger partial charge in [0.15, 0.2) is 0 Å². The smallest absolute Gasteiger partial charge is 0.255 e. The second-order valence-electron chi connectivity index (χ2n) is 3.43. The lowest BCUT2D eigenvalue weighted by molar-refractivity contribution is 0.156. The molecule has 4 nitrogen and oxygen atoms in total. The molecular formula is C9H16F2N4.